The topological polar surface area (TPSA) is 63.3 Å². The Kier molecular flexibility index (Phi) is 1.83. The van der Waals surface area contributed by atoms with Gasteiger partial charge in [-0.15, -0.1) is 0 Å². The number of Topliss-reactive ketones (excluding diaryl/α,β-unsaturated/α-hetero) is 1. The second kappa shape index (κ2) is 2.45. The molecule has 0 aromatic heterocycles. The molecule has 9 heavy (non-hydrogen) atoms. The summed E-state index contributed by atoms with van der Waals surface area (Å²) in [5.74, 6) is 0.129. The zero-order chi connectivity index (χ0) is 6.85. The smallest absolute Gasteiger partial charge is 0.135 e. The molecule has 1 aliphatic carbocycles. The first kappa shape index (κ1) is 6.71. The SMILES string of the molecule is NC1CCC(=O)CC1O. The minimum atomic E-state index is -0.591. The van der Waals surface area contributed by atoms with Crippen LogP contribution in [0.4, 0.5) is 0 Å². The predicted molar refractivity (Wildman–Crippen MR) is 32.8 cm³/mol. The number of rotatable bonds is 0. The second-order valence-corrected chi connectivity index (χ2v) is 2.51. The molecule has 0 spiro atoms. The molecule has 3 nitrogen and oxygen atoms in total. The molecule has 0 heterocycles. The Bertz CT molecular complexity index is 124. The van der Waals surface area contributed by atoms with Crippen molar-refractivity contribution in [1.82, 2.24) is 0 Å². The lowest BCUT2D eigenvalue weighted by Gasteiger charge is -2.22. The largest absolute Gasteiger partial charge is 0.391 e. The van der Waals surface area contributed by atoms with Crippen molar-refractivity contribution in [3.8, 4) is 0 Å². The van der Waals surface area contributed by atoms with Crippen LogP contribution in [0.15, 0.2) is 0 Å². The van der Waals surface area contributed by atoms with Gasteiger partial charge in [-0.3, -0.25) is 4.79 Å². The molecule has 0 radical (unpaired) electrons. The van der Waals surface area contributed by atoms with Gasteiger partial charge in [0.2, 0.25) is 0 Å². The summed E-state index contributed by atoms with van der Waals surface area (Å²) in [6, 6.07) is -0.178. The number of carbonyl (C=O) groups excluding carboxylic acids is 1. The van der Waals surface area contributed by atoms with Gasteiger partial charge in [0.1, 0.15) is 5.78 Å². The van der Waals surface area contributed by atoms with Gasteiger partial charge in [0.25, 0.3) is 0 Å². The zero-order valence-electron chi connectivity index (χ0n) is 5.21. The highest BCUT2D eigenvalue weighted by molar-refractivity contribution is 5.79. The predicted octanol–water partition coefficient (Wildman–Crippen LogP) is -0.572. The van der Waals surface area contributed by atoms with Gasteiger partial charge in [-0.1, -0.05) is 0 Å². The molecule has 3 N–H and O–H groups in total. The van der Waals surface area contributed by atoms with Crippen molar-refractivity contribution in [3.63, 3.8) is 0 Å². The van der Waals surface area contributed by atoms with Crippen LogP contribution >= 0.6 is 0 Å². The van der Waals surface area contributed by atoms with Crippen molar-refractivity contribution in [2.75, 3.05) is 0 Å². The molecule has 0 aromatic rings. The van der Waals surface area contributed by atoms with Crippen LogP contribution in [0.5, 0.6) is 0 Å². The molecule has 2 atom stereocenters. The minimum Gasteiger partial charge on any atom is -0.391 e. The first-order chi connectivity index (χ1) is 4.20. The standard InChI is InChI=1S/C6H11NO2/c7-5-2-1-4(8)3-6(5)9/h5-6,9H,1-3,7H2. The van der Waals surface area contributed by atoms with Gasteiger partial charge in [0.15, 0.2) is 0 Å². The molecule has 1 fully saturated rings. The van der Waals surface area contributed by atoms with E-state index in [9.17, 15) is 4.79 Å². The van der Waals surface area contributed by atoms with E-state index in [1.807, 2.05) is 0 Å². The van der Waals surface area contributed by atoms with E-state index in [2.05, 4.69) is 0 Å². The van der Waals surface area contributed by atoms with E-state index in [0.717, 1.165) is 0 Å². The lowest BCUT2D eigenvalue weighted by atomic mass is 9.92. The van der Waals surface area contributed by atoms with Gasteiger partial charge in [-0.2, -0.15) is 0 Å². The van der Waals surface area contributed by atoms with Crippen molar-refractivity contribution >= 4 is 5.78 Å². The van der Waals surface area contributed by atoms with Crippen LogP contribution in [0.2, 0.25) is 0 Å². The van der Waals surface area contributed by atoms with Gasteiger partial charge in [0, 0.05) is 18.9 Å². The van der Waals surface area contributed by atoms with E-state index < -0.39 is 6.10 Å². The molecular weight excluding hydrogens is 118 g/mol. The third-order valence-electron chi connectivity index (χ3n) is 1.69. The number of aliphatic hydroxyl groups excluding tert-OH is 1. The maximum Gasteiger partial charge on any atom is 0.135 e. The van der Waals surface area contributed by atoms with Crippen LogP contribution in [-0.2, 0) is 4.79 Å². The Morgan fingerprint density at radius 3 is 2.78 bits per heavy atom. The van der Waals surface area contributed by atoms with Crippen molar-refractivity contribution in [3.05, 3.63) is 0 Å². The van der Waals surface area contributed by atoms with Crippen molar-refractivity contribution < 1.29 is 9.90 Å². The monoisotopic (exact) mass is 129 g/mol. The van der Waals surface area contributed by atoms with Gasteiger partial charge in [-0.05, 0) is 6.42 Å². The summed E-state index contributed by atoms with van der Waals surface area (Å²) < 4.78 is 0. The Hall–Kier alpha value is -0.410. The Labute approximate surface area is 53.9 Å². The van der Waals surface area contributed by atoms with Gasteiger partial charge < -0.3 is 10.8 Å². The molecule has 2 unspecified atom stereocenters. The third-order valence-corrected chi connectivity index (χ3v) is 1.69. The number of hydrogen-bond donors (Lipinski definition) is 2. The van der Waals surface area contributed by atoms with Gasteiger partial charge in [0.05, 0.1) is 6.10 Å². The number of hydrogen-bond acceptors (Lipinski definition) is 3. The van der Waals surface area contributed by atoms with Crippen LogP contribution in [0.1, 0.15) is 19.3 Å². The summed E-state index contributed by atoms with van der Waals surface area (Å²) in [5.41, 5.74) is 5.44. The van der Waals surface area contributed by atoms with E-state index in [1.54, 1.807) is 0 Å². The highest BCUT2D eigenvalue weighted by Gasteiger charge is 2.23. The van der Waals surface area contributed by atoms with E-state index in [0.29, 0.717) is 12.8 Å². The van der Waals surface area contributed by atoms with E-state index in [-0.39, 0.29) is 18.2 Å². The zero-order valence-corrected chi connectivity index (χ0v) is 5.21. The van der Waals surface area contributed by atoms with Gasteiger partial charge >= 0.3 is 0 Å². The summed E-state index contributed by atoms with van der Waals surface area (Å²) in [6.45, 7) is 0. The summed E-state index contributed by atoms with van der Waals surface area (Å²) >= 11 is 0. The molecule has 1 aliphatic rings. The van der Waals surface area contributed by atoms with Crippen LogP contribution in [0.3, 0.4) is 0 Å². The minimum absolute atomic E-state index is 0.129. The first-order valence-corrected chi connectivity index (χ1v) is 3.15. The molecule has 52 valence electrons. The maximum absolute atomic E-state index is 10.6. The molecule has 0 amide bonds. The molecule has 0 bridgehead atoms. The molecule has 1 saturated carbocycles. The summed E-state index contributed by atoms with van der Waals surface area (Å²) in [4.78, 5) is 10.6. The van der Waals surface area contributed by atoms with Crippen LogP contribution in [-0.4, -0.2) is 23.0 Å². The average Bonchev–Trinajstić information content (AvgIpc) is 1.80. The quantitative estimate of drug-likeness (QED) is 0.460. The fraction of sp³-hybridized carbons (Fsp3) is 0.833. The lowest BCUT2D eigenvalue weighted by Crippen LogP contribution is -2.40. The Balaban J connectivity index is 2.44. The maximum atomic E-state index is 10.6. The van der Waals surface area contributed by atoms with Crippen molar-refractivity contribution in [2.24, 2.45) is 5.73 Å². The molecule has 0 aliphatic heterocycles. The van der Waals surface area contributed by atoms with Crippen LogP contribution in [0, 0.1) is 0 Å². The van der Waals surface area contributed by atoms with Crippen LogP contribution in [0.25, 0.3) is 0 Å². The molecule has 0 aromatic carbocycles. The third kappa shape index (κ3) is 1.50. The molecular formula is C6H11NO2. The highest BCUT2D eigenvalue weighted by Crippen LogP contribution is 2.12. The summed E-state index contributed by atoms with van der Waals surface area (Å²) in [5, 5.41) is 9.00. The normalized spacial score (nSPS) is 36.9. The number of ketones is 1. The average molecular weight is 129 g/mol. The fourth-order valence-electron chi connectivity index (χ4n) is 1.01. The van der Waals surface area contributed by atoms with Crippen molar-refractivity contribution in [2.45, 2.75) is 31.4 Å². The van der Waals surface area contributed by atoms with Crippen molar-refractivity contribution in [1.29, 1.82) is 0 Å². The summed E-state index contributed by atoms with van der Waals surface area (Å²) in [7, 11) is 0. The molecule has 1 rings (SSSR count). The fourth-order valence-corrected chi connectivity index (χ4v) is 1.01. The first-order valence-electron chi connectivity index (χ1n) is 3.15. The number of nitrogens with two attached hydrogens (primary N) is 1. The highest BCUT2D eigenvalue weighted by atomic mass is 16.3. The van der Waals surface area contributed by atoms with Crippen LogP contribution < -0.4 is 5.73 Å². The second-order valence-electron chi connectivity index (χ2n) is 2.51. The number of carbonyl (C=O) groups is 1. The lowest BCUT2D eigenvalue weighted by molar-refractivity contribution is -0.123. The summed E-state index contributed by atoms with van der Waals surface area (Å²) in [6.07, 6.45) is 0.839. The van der Waals surface area contributed by atoms with Gasteiger partial charge in [-0.25, -0.2) is 0 Å². The Morgan fingerprint density at radius 2 is 2.33 bits per heavy atom. The molecule has 0 saturated heterocycles. The number of aliphatic hydroxyl groups is 1. The van der Waals surface area contributed by atoms with E-state index >= 15 is 0 Å². The van der Waals surface area contributed by atoms with E-state index in [4.69, 9.17) is 10.8 Å². The van der Waals surface area contributed by atoms with E-state index in [1.165, 1.54) is 0 Å². The molecule has 3 heteroatoms. The Morgan fingerprint density at radius 1 is 1.67 bits per heavy atom.